The summed E-state index contributed by atoms with van der Waals surface area (Å²) < 4.78 is 9.71. The Morgan fingerprint density at radius 2 is 2.05 bits per heavy atom. The summed E-state index contributed by atoms with van der Waals surface area (Å²) in [6.07, 6.45) is 2.72. The van der Waals surface area contributed by atoms with Crippen molar-refractivity contribution in [1.29, 1.82) is 0 Å². The topological polar surface area (TPSA) is 80.6 Å². The minimum atomic E-state index is -0.368. The molecule has 2 rings (SSSR count). The van der Waals surface area contributed by atoms with Gasteiger partial charge in [0.1, 0.15) is 6.26 Å². The van der Waals surface area contributed by atoms with E-state index in [1.165, 1.54) is 24.7 Å². The average molecular weight is 323 g/mol. The van der Waals surface area contributed by atoms with Crippen molar-refractivity contribution >= 4 is 29.1 Å². The second kappa shape index (κ2) is 7.63. The van der Waals surface area contributed by atoms with Crippen LogP contribution in [0.1, 0.15) is 20.7 Å². The van der Waals surface area contributed by atoms with Gasteiger partial charge in [0.2, 0.25) is 0 Å². The highest BCUT2D eigenvalue weighted by atomic mass is 35.5. The first-order valence-electron chi connectivity index (χ1n) is 6.52. The van der Waals surface area contributed by atoms with Gasteiger partial charge in [-0.3, -0.25) is 9.59 Å². The van der Waals surface area contributed by atoms with E-state index < -0.39 is 0 Å². The normalized spacial score (nSPS) is 10.3. The van der Waals surface area contributed by atoms with Gasteiger partial charge in [-0.1, -0.05) is 11.6 Å². The van der Waals surface area contributed by atoms with Crippen molar-refractivity contribution in [2.45, 2.75) is 0 Å². The molecule has 0 aliphatic heterocycles. The molecule has 0 fully saturated rings. The van der Waals surface area contributed by atoms with E-state index in [-0.39, 0.29) is 11.8 Å². The van der Waals surface area contributed by atoms with E-state index in [0.717, 1.165) is 0 Å². The van der Waals surface area contributed by atoms with Crippen molar-refractivity contribution in [2.75, 3.05) is 25.6 Å². The summed E-state index contributed by atoms with van der Waals surface area (Å²) in [4.78, 5) is 23.9. The zero-order valence-electron chi connectivity index (χ0n) is 11.9. The Labute approximate surface area is 132 Å². The number of benzene rings is 1. The van der Waals surface area contributed by atoms with Crippen LogP contribution < -0.4 is 10.6 Å². The molecular weight excluding hydrogens is 308 g/mol. The Hall–Kier alpha value is -2.31. The van der Waals surface area contributed by atoms with E-state index in [4.69, 9.17) is 20.8 Å². The molecule has 1 heterocycles. The largest absolute Gasteiger partial charge is 0.472 e. The predicted octanol–water partition coefficient (Wildman–Crippen LogP) is 2.56. The van der Waals surface area contributed by atoms with Crippen molar-refractivity contribution in [3.8, 4) is 0 Å². The Balaban J connectivity index is 2.09. The van der Waals surface area contributed by atoms with Gasteiger partial charge >= 0.3 is 0 Å². The number of halogens is 1. The van der Waals surface area contributed by atoms with Crippen LogP contribution in [0.2, 0.25) is 5.02 Å². The monoisotopic (exact) mass is 322 g/mol. The van der Waals surface area contributed by atoms with Crippen molar-refractivity contribution in [2.24, 2.45) is 0 Å². The van der Waals surface area contributed by atoms with Crippen LogP contribution in [0.5, 0.6) is 0 Å². The van der Waals surface area contributed by atoms with E-state index >= 15 is 0 Å². The zero-order valence-corrected chi connectivity index (χ0v) is 12.6. The molecule has 0 atom stereocenters. The minimum absolute atomic E-state index is 0.271. The molecule has 6 nitrogen and oxygen atoms in total. The molecule has 2 N–H and O–H groups in total. The second-order valence-corrected chi connectivity index (χ2v) is 4.82. The number of methoxy groups -OCH3 is 1. The van der Waals surface area contributed by atoms with Gasteiger partial charge in [-0.2, -0.15) is 0 Å². The number of rotatable bonds is 6. The lowest BCUT2D eigenvalue weighted by Gasteiger charge is -2.09. The second-order valence-electron chi connectivity index (χ2n) is 4.41. The molecule has 0 aliphatic rings. The predicted molar refractivity (Wildman–Crippen MR) is 82.3 cm³/mol. The summed E-state index contributed by atoms with van der Waals surface area (Å²) in [6.45, 7) is 0.818. The fourth-order valence-corrected chi connectivity index (χ4v) is 1.88. The highest BCUT2D eigenvalue weighted by molar-refractivity contribution is 6.34. The maximum absolute atomic E-state index is 12.0. The average Bonchev–Trinajstić information content (AvgIpc) is 3.04. The van der Waals surface area contributed by atoms with Crippen LogP contribution in [0.3, 0.4) is 0 Å². The number of amides is 2. The molecule has 0 saturated carbocycles. The van der Waals surface area contributed by atoms with E-state index in [1.54, 1.807) is 19.2 Å². The Bertz CT molecular complexity index is 656. The molecule has 116 valence electrons. The summed E-state index contributed by atoms with van der Waals surface area (Å²) in [5.41, 5.74) is 1.11. The fourth-order valence-electron chi connectivity index (χ4n) is 1.72. The highest BCUT2D eigenvalue weighted by Gasteiger charge is 2.12. The maximum Gasteiger partial charge on any atom is 0.258 e. The van der Waals surface area contributed by atoms with E-state index in [2.05, 4.69) is 10.6 Å². The summed E-state index contributed by atoms with van der Waals surface area (Å²) >= 11 is 6.04. The minimum Gasteiger partial charge on any atom is -0.472 e. The van der Waals surface area contributed by atoms with Crippen LogP contribution in [-0.2, 0) is 4.74 Å². The first kappa shape index (κ1) is 16.1. The van der Waals surface area contributed by atoms with Crippen molar-refractivity contribution < 1.29 is 18.7 Å². The maximum atomic E-state index is 12.0. The number of hydrogen-bond donors (Lipinski definition) is 2. The number of carbonyl (C=O) groups is 2. The van der Waals surface area contributed by atoms with Crippen LogP contribution in [0.25, 0.3) is 0 Å². The van der Waals surface area contributed by atoms with Crippen LogP contribution in [0, 0.1) is 0 Å². The quantitative estimate of drug-likeness (QED) is 0.801. The van der Waals surface area contributed by atoms with Gasteiger partial charge in [0, 0.05) is 19.2 Å². The number of ether oxygens (including phenoxy) is 1. The number of carbonyl (C=O) groups excluding carboxylic acids is 2. The molecule has 22 heavy (non-hydrogen) atoms. The summed E-state index contributed by atoms with van der Waals surface area (Å²) in [5.74, 6) is -0.639. The highest BCUT2D eigenvalue weighted by Crippen LogP contribution is 2.23. The Kier molecular flexibility index (Phi) is 5.57. The number of hydrogen-bond acceptors (Lipinski definition) is 4. The van der Waals surface area contributed by atoms with Crippen LogP contribution in [0.4, 0.5) is 5.69 Å². The SMILES string of the molecule is COCCNC(=O)c1ccc(Cl)c(NC(=O)c2ccoc2)c1. The van der Waals surface area contributed by atoms with Crippen molar-refractivity contribution in [1.82, 2.24) is 5.32 Å². The van der Waals surface area contributed by atoms with Crippen LogP contribution in [0.15, 0.2) is 41.2 Å². The van der Waals surface area contributed by atoms with Gasteiger partial charge in [-0.25, -0.2) is 0 Å². The van der Waals surface area contributed by atoms with Crippen molar-refractivity contribution in [3.63, 3.8) is 0 Å². The molecule has 0 unspecified atom stereocenters. The van der Waals surface area contributed by atoms with Crippen LogP contribution in [-0.4, -0.2) is 32.1 Å². The number of anilines is 1. The Morgan fingerprint density at radius 1 is 1.23 bits per heavy atom. The van der Waals surface area contributed by atoms with Gasteiger partial charge in [0.05, 0.1) is 29.1 Å². The molecule has 1 aromatic carbocycles. The molecular formula is C15H15ClN2O4. The molecule has 0 radical (unpaired) electrons. The lowest BCUT2D eigenvalue weighted by molar-refractivity contribution is 0.0936. The van der Waals surface area contributed by atoms with Gasteiger partial charge in [-0.15, -0.1) is 0 Å². The summed E-state index contributed by atoms with van der Waals surface area (Å²) in [6, 6.07) is 6.18. The summed E-state index contributed by atoms with van der Waals surface area (Å²) in [5, 5.41) is 5.67. The van der Waals surface area contributed by atoms with Gasteiger partial charge in [-0.05, 0) is 24.3 Å². The molecule has 1 aromatic heterocycles. The molecule has 0 bridgehead atoms. The lowest BCUT2D eigenvalue weighted by atomic mass is 10.1. The number of furan rings is 1. The standard InChI is InChI=1S/C15H15ClN2O4/c1-21-7-5-17-14(19)10-2-3-12(16)13(8-10)18-15(20)11-4-6-22-9-11/h2-4,6,8-9H,5,7H2,1H3,(H,17,19)(H,18,20). The zero-order chi connectivity index (χ0) is 15.9. The third-order valence-electron chi connectivity index (χ3n) is 2.85. The molecule has 2 amide bonds. The van der Waals surface area contributed by atoms with E-state index in [9.17, 15) is 9.59 Å². The molecule has 7 heteroatoms. The van der Waals surface area contributed by atoms with Crippen LogP contribution >= 0.6 is 11.6 Å². The Morgan fingerprint density at radius 3 is 2.73 bits per heavy atom. The summed E-state index contributed by atoms with van der Waals surface area (Å²) in [7, 11) is 1.55. The lowest BCUT2D eigenvalue weighted by Crippen LogP contribution is -2.27. The van der Waals surface area contributed by atoms with Gasteiger partial charge < -0.3 is 19.8 Å². The van der Waals surface area contributed by atoms with Gasteiger partial charge in [0.15, 0.2) is 0 Å². The molecule has 2 aromatic rings. The molecule has 0 saturated heterocycles. The molecule has 0 aliphatic carbocycles. The molecule has 0 spiro atoms. The number of nitrogens with one attached hydrogen (secondary N) is 2. The van der Waals surface area contributed by atoms with Gasteiger partial charge in [0.25, 0.3) is 11.8 Å². The van der Waals surface area contributed by atoms with Crippen molar-refractivity contribution in [3.05, 3.63) is 52.9 Å². The first-order chi connectivity index (χ1) is 10.6. The van der Waals surface area contributed by atoms with E-state index in [0.29, 0.717) is 35.0 Å². The van der Waals surface area contributed by atoms with E-state index in [1.807, 2.05) is 0 Å². The smallest absolute Gasteiger partial charge is 0.258 e. The first-order valence-corrected chi connectivity index (χ1v) is 6.90. The third-order valence-corrected chi connectivity index (χ3v) is 3.18. The fraction of sp³-hybridized carbons (Fsp3) is 0.200. The third kappa shape index (κ3) is 4.09.